The fourth-order valence-electron chi connectivity index (χ4n) is 6.96. The second kappa shape index (κ2) is 9.14. The third kappa shape index (κ3) is 4.21. The summed E-state index contributed by atoms with van der Waals surface area (Å²) in [6.45, 7) is 11.5. The van der Waals surface area contributed by atoms with E-state index in [1.54, 1.807) is 11.8 Å². The van der Waals surface area contributed by atoms with E-state index < -0.39 is 0 Å². The van der Waals surface area contributed by atoms with Crippen molar-refractivity contribution in [3.05, 3.63) is 71.5 Å². The summed E-state index contributed by atoms with van der Waals surface area (Å²) >= 11 is 0. The summed E-state index contributed by atoms with van der Waals surface area (Å²) in [7, 11) is 0. The van der Waals surface area contributed by atoms with Crippen LogP contribution in [0.4, 0.5) is 0 Å². The second-order valence-electron chi connectivity index (χ2n) is 11.4. The molecule has 34 heavy (non-hydrogen) atoms. The summed E-state index contributed by atoms with van der Waals surface area (Å²) in [4.78, 5) is 5.57. The lowest BCUT2D eigenvalue weighted by molar-refractivity contribution is -0.0650. The highest BCUT2D eigenvalue weighted by Gasteiger charge is 2.49. The normalized spacial score (nSPS) is 24.1. The highest BCUT2D eigenvalue weighted by molar-refractivity contribution is 5.77. The van der Waals surface area contributed by atoms with E-state index >= 15 is 0 Å². The molecule has 1 unspecified atom stereocenters. The Balaban J connectivity index is 1.24. The van der Waals surface area contributed by atoms with Crippen LogP contribution in [0.1, 0.15) is 68.2 Å². The van der Waals surface area contributed by atoms with E-state index in [1.165, 1.54) is 61.8 Å². The maximum atomic E-state index is 5.56. The fourth-order valence-corrected chi connectivity index (χ4v) is 6.96. The van der Waals surface area contributed by atoms with Crippen LogP contribution < -0.4 is 5.32 Å². The maximum absolute atomic E-state index is 5.56. The van der Waals surface area contributed by atoms with Gasteiger partial charge in [-0.3, -0.25) is 9.80 Å². The summed E-state index contributed by atoms with van der Waals surface area (Å²) < 4.78 is 5.56. The average molecular weight is 458 g/mol. The van der Waals surface area contributed by atoms with Crippen LogP contribution in [0.15, 0.2) is 59.2 Å². The van der Waals surface area contributed by atoms with Gasteiger partial charge in [0, 0.05) is 43.6 Å². The van der Waals surface area contributed by atoms with Crippen molar-refractivity contribution in [1.29, 1.82) is 0 Å². The predicted molar refractivity (Wildman–Crippen MR) is 139 cm³/mol. The zero-order valence-electron chi connectivity index (χ0n) is 20.8. The minimum Gasteiger partial charge on any atom is -0.464 e. The van der Waals surface area contributed by atoms with Gasteiger partial charge in [0.1, 0.15) is 5.58 Å². The van der Waals surface area contributed by atoms with Gasteiger partial charge in [-0.15, -0.1) is 0 Å². The van der Waals surface area contributed by atoms with Crippen molar-refractivity contribution in [1.82, 2.24) is 15.1 Å². The van der Waals surface area contributed by atoms with Gasteiger partial charge < -0.3 is 9.73 Å². The Morgan fingerprint density at radius 3 is 2.68 bits per heavy atom. The molecule has 4 heteroatoms. The van der Waals surface area contributed by atoms with Gasteiger partial charge in [-0.25, -0.2) is 0 Å². The molecule has 3 aromatic rings. The first-order valence-corrected chi connectivity index (χ1v) is 13.3. The lowest BCUT2D eigenvalue weighted by atomic mass is 9.60. The van der Waals surface area contributed by atoms with Crippen molar-refractivity contribution >= 4 is 11.0 Å². The molecule has 3 fully saturated rings. The summed E-state index contributed by atoms with van der Waals surface area (Å²) in [5.41, 5.74) is 6.06. The summed E-state index contributed by atoms with van der Waals surface area (Å²) in [5, 5.41) is 4.78. The van der Waals surface area contributed by atoms with E-state index in [4.69, 9.17) is 4.42 Å². The minimum atomic E-state index is 0.481. The number of nitrogens with one attached hydrogen (secondary N) is 1. The molecule has 3 heterocycles. The van der Waals surface area contributed by atoms with Crippen molar-refractivity contribution in [2.75, 3.05) is 32.7 Å². The van der Waals surface area contributed by atoms with Gasteiger partial charge in [0.2, 0.25) is 0 Å². The molecule has 1 atom stereocenters. The van der Waals surface area contributed by atoms with E-state index in [2.05, 4.69) is 77.5 Å². The molecule has 2 aromatic carbocycles. The molecule has 180 valence electrons. The van der Waals surface area contributed by atoms with Gasteiger partial charge in [0.25, 0.3) is 0 Å². The van der Waals surface area contributed by atoms with Crippen molar-refractivity contribution in [3.63, 3.8) is 0 Å². The lowest BCUT2D eigenvalue weighted by Crippen LogP contribution is -2.59. The molecule has 3 aliphatic rings. The number of piperidine rings is 1. The largest absolute Gasteiger partial charge is 0.464 e. The highest BCUT2D eigenvalue weighted by atomic mass is 16.3. The Hall–Kier alpha value is -2.14. The number of nitrogens with zero attached hydrogens (tertiary/aromatic N) is 2. The van der Waals surface area contributed by atoms with Gasteiger partial charge in [-0.05, 0) is 85.0 Å². The monoisotopic (exact) mass is 457 g/mol. The number of hydrogen-bond donors (Lipinski definition) is 1. The number of rotatable bonds is 5. The molecule has 0 bridgehead atoms. The summed E-state index contributed by atoms with van der Waals surface area (Å²) in [6, 6.07) is 19.2. The Kier molecular flexibility index (Phi) is 6.00. The van der Waals surface area contributed by atoms with Gasteiger partial charge in [-0.2, -0.15) is 0 Å². The topological polar surface area (TPSA) is 31.7 Å². The van der Waals surface area contributed by atoms with E-state index in [-0.39, 0.29) is 0 Å². The maximum Gasteiger partial charge on any atom is 0.133 e. The summed E-state index contributed by atoms with van der Waals surface area (Å²) in [6.07, 6.45) is 7.32. The second-order valence-corrected chi connectivity index (χ2v) is 11.4. The van der Waals surface area contributed by atoms with E-state index in [9.17, 15) is 0 Å². The van der Waals surface area contributed by atoms with E-state index in [1.807, 2.05) is 0 Å². The highest BCUT2D eigenvalue weighted by Crippen LogP contribution is 2.52. The quantitative estimate of drug-likeness (QED) is 0.513. The van der Waals surface area contributed by atoms with Crippen molar-refractivity contribution < 1.29 is 4.42 Å². The van der Waals surface area contributed by atoms with E-state index in [0.29, 0.717) is 17.4 Å². The SMILES string of the molecule is CC(C)c1ccccc1C1CN(Cc2ccc3occc3c2)CCN1C1CC2(CCNCC2)C1. The van der Waals surface area contributed by atoms with Crippen molar-refractivity contribution in [2.24, 2.45) is 5.41 Å². The van der Waals surface area contributed by atoms with Gasteiger partial charge in [0.15, 0.2) is 0 Å². The molecule has 2 saturated heterocycles. The Labute approximate surface area is 204 Å². The van der Waals surface area contributed by atoms with Gasteiger partial charge in [0.05, 0.1) is 6.26 Å². The van der Waals surface area contributed by atoms with E-state index in [0.717, 1.165) is 31.3 Å². The van der Waals surface area contributed by atoms with Crippen LogP contribution in [-0.4, -0.2) is 48.6 Å². The van der Waals surface area contributed by atoms with Crippen LogP contribution in [0, 0.1) is 5.41 Å². The third-order valence-electron chi connectivity index (χ3n) is 8.88. The molecule has 1 aromatic heterocycles. The zero-order chi connectivity index (χ0) is 23.1. The number of fused-ring (bicyclic) bond motifs is 1. The lowest BCUT2D eigenvalue weighted by Gasteiger charge is -2.57. The predicted octanol–water partition coefficient (Wildman–Crippen LogP) is 5.95. The smallest absolute Gasteiger partial charge is 0.133 e. The first-order valence-electron chi connectivity index (χ1n) is 13.3. The zero-order valence-corrected chi connectivity index (χ0v) is 20.8. The van der Waals surface area contributed by atoms with Crippen LogP contribution in [-0.2, 0) is 6.54 Å². The van der Waals surface area contributed by atoms with Crippen LogP contribution in [0.3, 0.4) is 0 Å². The molecule has 1 aliphatic carbocycles. The number of piperazine rings is 1. The van der Waals surface area contributed by atoms with Gasteiger partial charge >= 0.3 is 0 Å². The third-order valence-corrected chi connectivity index (χ3v) is 8.88. The van der Waals surface area contributed by atoms with Crippen LogP contribution >= 0.6 is 0 Å². The molecule has 0 amide bonds. The standard InChI is InChI=1S/C30H39N3O/c1-22(2)26-5-3-4-6-27(26)28-21-32(20-23-7-8-29-24(17-23)9-16-34-29)14-15-33(28)25-18-30(19-25)10-12-31-13-11-30/h3-9,16-17,22,25,28,31H,10-15,18-21H2,1-2H3. The van der Waals surface area contributed by atoms with Crippen molar-refractivity contribution in [3.8, 4) is 0 Å². The van der Waals surface area contributed by atoms with Crippen LogP contribution in [0.25, 0.3) is 11.0 Å². The molecule has 1 spiro atoms. The Morgan fingerprint density at radius 1 is 1.03 bits per heavy atom. The number of furan rings is 1. The molecule has 0 radical (unpaired) electrons. The molecule has 6 rings (SSSR count). The molecule has 1 N–H and O–H groups in total. The first-order chi connectivity index (χ1) is 16.6. The Bertz CT molecular complexity index is 1120. The van der Waals surface area contributed by atoms with Crippen LogP contribution in [0.5, 0.6) is 0 Å². The molecule has 1 saturated carbocycles. The first kappa shape index (κ1) is 22.3. The number of benzene rings is 2. The molecule has 2 aliphatic heterocycles. The Morgan fingerprint density at radius 2 is 1.85 bits per heavy atom. The number of hydrogen-bond acceptors (Lipinski definition) is 4. The minimum absolute atomic E-state index is 0.481. The average Bonchev–Trinajstić information content (AvgIpc) is 3.31. The fraction of sp³-hybridized carbons (Fsp3) is 0.533. The van der Waals surface area contributed by atoms with Crippen molar-refractivity contribution in [2.45, 2.75) is 64.1 Å². The molecular formula is C30H39N3O. The molecular weight excluding hydrogens is 418 g/mol. The van der Waals surface area contributed by atoms with Crippen LogP contribution in [0.2, 0.25) is 0 Å². The summed E-state index contributed by atoms with van der Waals surface area (Å²) in [5.74, 6) is 0.550. The molecule has 4 nitrogen and oxygen atoms in total. The van der Waals surface area contributed by atoms with Gasteiger partial charge in [-0.1, -0.05) is 44.2 Å².